The van der Waals surface area contributed by atoms with Crippen molar-refractivity contribution in [2.24, 2.45) is 3.77 Å². The maximum Gasteiger partial charge on any atom is 0.290 e. The summed E-state index contributed by atoms with van der Waals surface area (Å²) < 4.78 is 53.8. The maximum atomic E-state index is 13.3. The Bertz CT molecular complexity index is 1090. The molecule has 11 heteroatoms. The summed E-state index contributed by atoms with van der Waals surface area (Å²) in [6.07, 6.45) is 1.40. The molecule has 8 nitrogen and oxygen atoms in total. The smallest absolute Gasteiger partial charge is 0.290 e. The predicted molar refractivity (Wildman–Crippen MR) is 92.3 cm³/mol. The van der Waals surface area contributed by atoms with E-state index in [1.807, 2.05) is 0 Å². The Kier molecular flexibility index (Phi) is 5.52. The minimum absolute atomic E-state index is 0.240. The first-order valence-corrected chi connectivity index (χ1v) is 10.5. The highest BCUT2D eigenvalue weighted by Gasteiger charge is 2.18. The highest BCUT2D eigenvalue weighted by molar-refractivity contribution is 8.02. The molecule has 0 heterocycles. The summed E-state index contributed by atoms with van der Waals surface area (Å²) in [5.41, 5.74) is -0.256. The third-order valence-corrected chi connectivity index (χ3v) is 7.01. The van der Waals surface area contributed by atoms with Crippen LogP contribution in [0.25, 0.3) is 0 Å². The molecule has 0 spiro atoms. The van der Waals surface area contributed by atoms with Gasteiger partial charge in [0.05, 0.1) is 30.9 Å². The average molecular weight is 400 g/mol. The van der Waals surface area contributed by atoms with E-state index in [0.717, 1.165) is 36.6 Å². The topological polar surface area (TPSA) is 124 Å². The van der Waals surface area contributed by atoms with Crippen LogP contribution in [0.2, 0.25) is 0 Å². The number of halogens is 1. The van der Waals surface area contributed by atoms with Crippen molar-refractivity contribution < 1.29 is 26.7 Å². The minimum Gasteiger partial charge on any atom is -0.298 e. The molecule has 0 N–H and O–H groups in total. The Morgan fingerprint density at radius 3 is 2.31 bits per heavy atom. The molecule has 0 saturated carbocycles. The van der Waals surface area contributed by atoms with Gasteiger partial charge < -0.3 is 0 Å². The van der Waals surface area contributed by atoms with Gasteiger partial charge in [-0.2, -0.15) is 8.42 Å². The zero-order valence-corrected chi connectivity index (χ0v) is 15.0. The Morgan fingerprint density at radius 1 is 1.15 bits per heavy atom. The molecule has 2 aromatic carbocycles. The van der Waals surface area contributed by atoms with Crippen molar-refractivity contribution in [1.82, 2.24) is 0 Å². The van der Waals surface area contributed by atoms with Gasteiger partial charge in [0.1, 0.15) is 5.82 Å². The first-order valence-electron chi connectivity index (χ1n) is 6.98. The van der Waals surface area contributed by atoms with Crippen molar-refractivity contribution in [2.45, 2.75) is 10.6 Å². The fraction of sp³-hybridized carbons (Fsp3) is 0.133. The molecule has 0 saturated heterocycles. The van der Waals surface area contributed by atoms with Crippen molar-refractivity contribution in [3.63, 3.8) is 0 Å². The van der Waals surface area contributed by atoms with Crippen LogP contribution in [0, 0.1) is 15.9 Å². The molecular formula is C15H13FN2O6S2. The van der Waals surface area contributed by atoms with Crippen molar-refractivity contribution >= 4 is 31.7 Å². The Balaban J connectivity index is 2.37. The zero-order valence-electron chi connectivity index (χ0n) is 13.4. The molecule has 2 rings (SSSR count). The number of sulfonamides is 1. The van der Waals surface area contributed by atoms with Crippen molar-refractivity contribution in [3.05, 3.63) is 69.5 Å². The summed E-state index contributed by atoms with van der Waals surface area (Å²) in [4.78, 5) is 20.3. The number of hydrogen-bond acceptors (Lipinski definition) is 6. The van der Waals surface area contributed by atoms with E-state index >= 15 is 0 Å². The molecule has 1 unspecified atom stereocenters. The molecule has 0 bridgehead atoms. The van der Waals surface area contributed by atoms with Crippen LogP contribution in [0.5, 0.6) is 0 Å². The number of nitrogens with zero attached hydrogens (tertiary/aromatic N) is 2. The number of nitro groups is 1. The van der Waals surface area contributed by atoms with E-state index < -0.39 is 30.5 Å². The zero-order chi connectivity index (χ0) is 19.5. The Labute approximate surface area is 149 Å². The van der Waals surface area contributed by atoms with Gasteiger partial charge in [-0.15, -0.1) is 3.77 Å². The van der Waals surface area contributed by atoms with Crippen LogP contribution in [-0.4, -0.2) is 30.1 Å². The number of carbonyl (C=O) groups is 1. The number of aldehydes is 1. The third kappa shape index (κ3) is 4.70. The summed E-state index contributed by atoms with van der Waals surface area (Å²) in [7, 11) is -7.61. The second-order valence-electron chi connectivity index (χ2n) is 5.38. The monoisotopic (exact) mass is 400 g/mol. The lowest BCUT2D eigenvalue weighted by atomic mass is 10.1. The molecule has 0 amide bonds. The molecule has 0 aliphatic carbocycles. The lowest BCUT2D eigenvalue weighted by molar-refractivity contribution is -0.384. The molecule has 0 aromatic heterocycles. The van der Waals surface area contributed by atoms with Gasteiger partial charge in [-0.3, -0.25) is 14.9 Å². The van der Waals surface area contributed by atoms with Gasteiger partial charge in [-0.05, 0) is 29.8 Å². The predicted octanol–water partition coefficient (Wildman–Crippen LogP) is 2.53. The van der Waals surface area contributed by atoms with Crippen LogP contribution >= 0.6 is 0 Å². The van der Waals surface area contributed by atoms with Crippen LogP contribution < -0.4 is 0 Å². The van der Waals surface area contributed by atoms with Crippen molar-refractivity contribution in [2.75, 3.05) is 6.26 Å². The van der Waals surface area contributed by atoms with E-state index in [-0.39, 0.29) is 27.5 Å². The molecule has 0 aliphatic heterocycles. The molecule has 0 radical (unpaired) electrons. The average Bonchev–Trinajstić information content (AvgIpc) is 2.55. The van der Waals surface area contributed by atoms with Crippen LogP contribution in [0.1, 0.15) is 15.9 Å². The maximum absolute atomic E-state index is 13.3. The molecule has 1 atom stereocenters. The van der Waals surface area contributed by atoms with Crippen LogP contribution in [-0.2, 0) is 25.5 Å². The summed E-state index contributed by atoms with van der Waals surface area (Å²) in [5, 5.41) is 10.6. The number of rotatable bonds is 6. The second kappa shape index (κ2) is 7.30. The number of nitro benzene ring substituents is 1. The second-order valence-corrected chi connectivity index (χ2v) is 9.60. The molecule has 138 valence electrons. The van der Waals surface area contributed by atoms with E-state index in [2.05, 4.69) is 3.77 Å². The lowest BCUT2D eigenvalue weighted by Gasteiger charge is -2.06. The first kappa shape index (κ1) is 19.7. The van der Waals surface area contributed by atoms with Crippen molar-refractivity contribution in [1.29, 1.82) is 0 Å². The SMILES string of the molecule is CS(=O)(Cc1ccc(F)c(C=O)c1)=NS(=O)(=O)c1ccc([N+](=O)[O-])cc1. The largest absolute Gasteiger partial charge is 0.298 e. The molecule has 0 aliphatic rings. The number of non-ortho nitro benzene ring substituents is 1. The quantitative estimate of drug-likeness (QED) is 0.417. The number of carbonyl (C=O) groups excluding carboxylic acids is 1. The highest BCUT2D eigenvalue weighted by atomic mass is 32.3. The molecule has 0 fully saturated rings. The van der Waals surface area contributed by atoms with Gasteiger partial charge in [0, 0.05) is 18.4 Å². The number of hydrogen-bond donors (Lipinski definition) is 0. The van der Waals surface area contributed by atoms with Crippen molar-refractivity contribution in [3.8, 4) is 0 Å². The molecule has 2 aromatic rings. The van der Waals surface area contributed by atoms with E-state index in [0.29, 0.717) is 6.29 Å². The van der Waals surface area contributed by atoms with Crippen LogP contribution in [0.4, 0.5) is 10.1 Å². The van der Waals surface area contributed by atoms with Gasteiger partial charge in [-0.25, -0.2) is 8.60 Å². The summed E-state index contributed by atoms with van der Waals surface area (Å²) in [6, 6.07) is 7.44. The van der Waals surface area contributed by atoms with Gasteiger partial charge in [0.25, 0.3) is 15.7 Å². The first-order chi connectivity index (χ1) is 12.0. The highest BCUT2D eigenvalue weighted by Crippen LogP contribution is 2.20. The third-order valence-electron chi connectivity index (χ3n) is 3.22. The van der Waals surface area contributed by atoms with Gasteiger partial charge in [0.2, 0.25) is 0 Å². The minimum atomic E-state index is -4.32. The van der Waals surface area contributed by atoms with E-state index in [4.69, 9.17) is 0 Å². The number of benzene rings is 2. The van der Waals surface area contributed by atoms with E-state index in [9.17, 15) is 31.9 Å². The normalized spacial score (nSPS) is 13.6. The standard InChI is InChI=1S/C15H13FN2O6S2/c1-25(22,10-11-2-7-15(16)12(8-11)9-19)17-26(23,24)14-5-3-13(4-6-14)18(20)21/h2-9H,10H2,1H3. The Hall–Kier alpha value is -2.66. The van der Waals surface area contributed by atoms with E-state index in [1.54, 1.807) is 0 Å². The van der Waals surface area contributed by atoms with Crippen LogP contribution in [0.15, 0.2) is 51.1 Å². The summed E-state index contributed by atoms with van der Waals surface area (Å²) in [6.45, 7) is 0. The van der Waals surface area contributed by atoms with Gasteiger partial charge in [0.15, 0.2) is 6.29 Å². The van der Waals surface area contributed by atoms with E-state index in [1.165, 1.54) is 12.1 Å². The fourth-order valence-electron chi connectivity index (χ4n) is 2.10. The molecular weight excluding hydrogens is 387 g/mol. The van der Waals surface area contributed by atoms with Gasteiger partial charge >= 0.3 is 0 Å². The van der Waals surface area contributed by atoms with Gasteiger partial charge in [-0.1, -0.05) is 6.07 Å². The Morgan fingerprint density at radius 2 is 1.77 bits per heavy atom. The lowest BCUT2D eigenvalue weighted by Crippen LogP contribution is -2.07. The fourth-order valence-corrected chi connectivity index (χ4v) is 5.59. The summed E-state index contributed by atoms with van der Waals surface area (Å²) >= 11 is 0. The molecule has 26 heavy (non-hydrogen) atoms. The van der Waals surface area contributed by atoms with Crippen LogP contribution in [0.3, 0.4) is 0 Å². The summed E-state index contributed by atoms with van der Waals surface area (Å²) in [5.74, 6) is -1.07.